The predicted molar refractivity (Wildman–Crippen MR) is 88.8 cm³/mol. The average Bonchev–Trinajstić information content (AvgIpc) is 3.43. The van der Waals surface area contributed by atoms with Crippen molar-refractivity contribution in [3.63, 3.8) is 0 Å². The van der Waals surface area contributed by atoms with Crippen molar-refractivity contribution in [2.24, 2.45) is 0 Å². The van der Waals surface area contributed by atoms with Gasteiger partial charge in [0.1, 0.15) is 5.82 Å². The Morgan fingerprint density at radius 2 is 1.88 bits per heavy atom. The van der Waals surface area contributed by atoms with Crippen molar-refractivity contribution >= 4 is 5.91 Å². The van der Waals surface area contributed by atoms with Crippen LogP contribution in [0.1, 0.15) is 28.8 Å². The van der Waals surface area contributed by atoms with Crippen LogP contribution in [0.2, 0.25) is 0 Å². The lowest BCUT2D eigenvalue weighted by Crippen LogP contribution is -2.32. The fraction of sp³-hybridized carbons (Fsp3) is 0.316. The van der Waals surface area contributed by atoms with Crippen LogP contribution in [0.25, 0.3) is 0 Å². The minimum Gasteiger partial charge on any atom is -0.493 e. The monoisotopic (exact) mass is 329 g/mol. The van der Waals surface area contributed by atoms with E-state index in [0.717, 1.165) is 18.4 Å². The SMILES string of the molecule is COc1ccc(C(=O)N(Cc2cccc(F)c2)C2CC2)cc1OC. The number of hydrogen-bond acceptors (Lipinski definition) is 3. The smallest absolute Gasteiger partial charge is 0.254 e. The maximum Gasteiger partial charge on any atom is 0.254 e. The number of nitrogens with zero attached hydrogens (tertiary/aromatic N) is 1. The van der Waals surface area contributed by atoms with Crippen molar-refractivity contribution in [2.45, 2.75) is 25.4 Å². The summed E-state index contributed by atoms with van der Waals surface area (Å²) in [6.45, 7) is 0.398. The second-order valence-electron chi connectivity index (χ2n) is 5.86. The molecule has 2 aromatic rings. The highest BCUT2D eigenvalue weighted by atomic mass is 19.1. The highest BCUT2D eigenvalue weighted by molar-refractivity contribution is 5.95. The first-order valence-electron chi connectivity index (χ1n) is 7.90. The number of carbonyl (C=O) groups excluding carboxylic acids is 1. The molecule has 0 bridgehead atoms. The normalized spacial score (nSPS) is 13.5. The van der Waals surface area contributed by atoms with Gasteiger partial charge in [-0.05, 0) is 48.7 Å². The summed E-state index contributed by atoms with van der Waals surface area (Å²) >= 11 is 0. The fourth-order valence-electron chi connectivity index (χ4n) is 2.72. The molecule has 0 heterocycles. The number of halogens is 1. The van der Waals surface area contributed by atoms with E-state index in [0.29, 0.717) is 23.6 Å². The Morgan fingerprint density at radius 3 is 2.50 bits per heavy atom. The minimum absolute atomic E-state index is 0.0808. The molecule has 3 rings (SSSR count). The molecule has 5 heteroatoms. The van der Waals surface area contributed by atoms with E-state index in [1.54, 1.807) is 36.3 Å². The average molecular weight is 329 g/mol. The van der Waals surface area contributed by atoms with E-state index in [9.17, 15) is 9.18 Å². The zero-order valence-corrected chi connectivity index (χ0v) is 13.8. The van der Waals surface area contributed by atoms with Crippen LogP contribution in [0.3, 0.4) is 0 Å². The number of amides is 1. The Labute approximate surface area is 140 Å². The maximum absolute atomic E-state index is 13.4. The fourth-order valence-corrected chi connectivity index (χ4v) is 2.72. The molecule has 2 aromatic carbocycles. The van der Waals surface area contributed by atoms with E-state index in [2.05, 4.69) is 0 Å². The molecule has 1 saturated carbocycles. The van der Waals surface area contributed by atoms with Crippen LogP contribution >= 0.6 is 0 Å². The van der Waals surface area contributed by atoms with Gasteiger partial charge in [0.15, 0.2) is 11.5 Å². The van der Waals surface area contributed by atoms with Crippen LogP contribution < -0.4 is 9.47 Å². The Morgan fingerprint density at radius 1 is 1.12 bits per heavy atom. The molecule has 4 nitrogen and oxygen atoms in total. The van der Waals surface area contributed by atoms with E-state index >= 15 is 0 Å². The molecule has 1 amide bonds. The number of methoxy groups -OCH3 is 2. The lowest BCUT2D eigenvalue weighted by atomic mass is 10.1. The molecule has 0 aliphatic heterocycles. The van der Waals surface area contributed by atoms with Gasteiger partial charge < -0.3 is 14.4 Å². The molecule has 0 atom stereocenters. The van der Waals surface area contributed by atoms with Crippen LogP contribution in [0.15, 0.2) is 42.5 Å². The minimum atomic E-state index is -0.290. The van der Waals surface area contributed by atoms with Gasteiger partial charge in [0.05, 0.1) is 14.2 Å². The molecule has 1 aliphatic rings. The lowest BCUT2D eigenvalue weighted by Gasteiger charge is -2.23. The van der Waals surface area contributed by atoms with Crippen molar-refractivity contribution in [3.05, 3.63) is 59.4 Å². The number of benzene rings is 2. The summed E-state index contributed by atoms with van der Waals surface area (Å²) in [4.78, 5) is 14.7. The van der Waals surface area contributed by atoms with Gasteiger partial charge in [-0.3, -0.25) is 4.79 Å². The Bertz CT molecular complexity index is 743. The molecule has 0 unspecified atom stereocenters. The van der Waals surface area contributed by atoms with E-state index in [1.807, 2.05) is 6.07 Å². The van der Waals surface area contributed by atoms with Crippen LogP contribution in [0, 0.1) is 5.82 Å². The van der Waals surface area contributed by atoms with E-state index in [-0.39, 0.29) is 17.8 Å². The summed E-state index contributed by atoms with van der Waals surface area (Å²) in [6, 6.07) is 11.7. The largest absolute Gasteiger partial charge is 0.493 e. The Kier molecular flexibility index (Phi) is 4.69. The third kappa shape index (κ3) is 3.50. The van der Waals surface area contributed by atoms with Gasteiger partial charge in [-0.15, -0.1) is 0 Å². The van der Waals surface area contributed by atoms with Crippen LogP contribution in [0.4, 0.5) is 4.39 Å². The van der Waals surface area contributed by atoms with Crippen molar-refractivity contribution < 1.29 is 18.7 Å². The number of carbonyl (C=O) groups is 1. The Hall–Kier alpha value is -2.56. The van der Waals surface area contributed by atoms with Crippen molar-refractivity contribution in [3.8, 4) is 11.5 Å². The predicted octanol–water partition coefficient (Wildman–Crippen LogP) is 3.65. The van der Waals surface area contributed by atoms with Crippen LogP contribution in [-0.4, -0.2) is 31.1 Å². The van der Waals surface area contributed by atoms with Gasteiger partial charge in [-0.2, -0.15) is 0 Å². The van der Waals surface area contributed by atoms with E-state index in [4.69, 9.17) is 9.47 Å². The molecule has 1 aliphatic carbocycles. The topological polar surface area (TPSA) is 38.8 Å². The van der Waals surface area contributed by atoms with Gasteiger partial charge in [0, 0.05) is 18.2 Å². The molecule has 0 N–H and O–H groups in total. The van der Waals surface area contributed by atoms with E-state index in [1.165, 1.54) is 19.2 Å². The molecule has 0 radical (unpaired) electrons. The van der Waals surface area contributed by atoms with E-state index < -0.39 is 0 Å². The summed E-state index contributed by atoms with van der Waals surface area (Å²) in [7, 11) is 3.09. The van der Waals surface area contributed by atoms with Crippen molar-refractivity contribution in [2.75, 3.05) is 14.2 Å². The second kappa shape index (κ2) is 6.91. The maximum atomic E-state index is 13.4. The highest BCUT2D eigenvalue weighted by Crippen LogP contribution is 2.32. The van der Waals surface area contributed by atoms with Gasteiger partial charge in [0.2, 0.25) is 0 Å². The Balaban J connectivity index is 1.85. The zero-order chi connectivity index (χ0) is 17.1. The summed E-state index contributed by atoms with van der Waals surface area (Å²) in [5.41, 5.74) is 1.33. The summed E-state index contributed by atoms with van der Waals surface area (Å²) < 4.78 is 23.9. The summed E-state index contributed by atoms with van der Waals surface area (Å²) in [6.07, 6.45) is 1.96. The summed E-state index contributed by atoms with van der Waals surface area (Å²) in [5.74, 6) is 0.728. The first-order chi connectivity index (χ1) is 11.6. The zero-order valence-electron chi connectivity index (χ0n) is 13.8. The lowest BCUT2D eigenvalue weighted by molar-refractivity contribution is 0.0729. The van der Waals surface area contributed by atoms with Crippen molar-refractivity contribution in [1.29, 1.82) is 0 Å². The van der Waals surface area contributed by atoms with Crippen molar-refractivity contribution in [1.82, 2.24) is 4.90 Å². The molecule has 1 fully saturated rings. The summed E-state index contributed by atoms with van der Waals surface area (Å²) in [5, 5.41) is 0. The number of hydrogen-bond donors (Lipinski definition) is 0. The first kappa shape index (κ1) is 16.3. The van der Waals surface area contributed by atoms with Crippen LogP contribution in [0.5, 0.6) is 11.5 Å². The third-order valence-corrected chi connectivity index (χ3v) is 4.12. The van der Waals surface area contributed by atoms with Gasteiger partial charge in [-0.1, -0.05) is 12.1 Å². The quantitative estimate of drug-likeness (QED) is 0.812. The van der Waals surface area contributed by atoms with Gasteiger partial charge in [0.25, 0.3) is 5.91 Å². The molecule has 0 aromatic heterocycles. The standard InChI is InChI=1S/C19H20FNO3/c1-23-17-9-6-14(11-18(17)24-2)19(22)21(16-7-8-16)12-13-4-3-5-15(20)10-13/h3-6,9-11,16H,7-8,12H2,1-2H3. The molecule has 24 heavy (non-hydrogen) atoms. The number of ether oxygens (including phenoxy) is 2. The first-order valence-corrected chi connectivity index (χ1v) is 7.90. The molecule has 126 valence electrons. The molecule has 0 spiro atoms. The molecule has 0 saturated heterocycles. The molecular weight excluding hydrogens is 309 g/mol. The third-order valence-electron chi connectivity index (χ3n) is 4.12. The van der Waals surface area contributed by atoms with Gasteiger partial charge >= 0.3 is 0 Å². The number of rotatable bonds is 6. The second-order valence-corrected chi connectivity index (χ2v) is 5.86. The van der Waals surface area contributed by atoms with Crippen LogP contribution in [-0.2, 0) is 6.54 Å². The molecular formula is C19H20FNO3. The highest BCUT2D eigenvalue weighted by Gasteiger charge is 2.33. The van der Waals surface area contributed by atoms with Gasteiger partial charge in [-0.25, -0.2) is 4.39 Å².